The van der Waals surface area contributed by atoms with Gasteiger partial charge in [0.2, 0.25) is 0 Å². The fourth-order valence-corrected chi connectivity index (χ4v) is 4.38. The number of hydrogen-bond acceptors (Lipinski definition) is 3. The van der Waals surface area contributed by atoms with Crippen molar-refractivity contribution in [3.8, 4) is 11.1 Å². The highest BCUT2D eigenvalue weighted by molar-refractivity contribution is 5.82. The minimum absolute atomic E-state index is 0.340. The van der Waals surface area contributed by atoms with Crippen molar-refractivity contribution < 1.29 is 0 Å². The van der Waals surface area contributed by atoms with E-state index in [-0.39, 0.29) is 0 Å². The molecule has 1 fully saturated rings. The Morgan fingerprint density at radius 1 is 1.00 bits per heavy atom. The van der Waals surface area contributed by atoms with Crippen LogP contribution in [0.3, 0.4) is 0 Å². The lowest BCUT2D eigenvalue weighted by molar-refractivity contribution is 0.188. The van der Waals surface area contributed by atoms with Gasteiger partial charge in [0.05, 0.1) is 17.1 Å². The van der Waals surface area contributed by atoms with Gasteiger partial charge in [0.25, 0.3) is 0 Å². The molecule has 4 heteroatoms. The van der Waals surface area contributed by atoms with Gasteiger partial charge in [-0.1, -0.05) is 36.4 Å². The van der Waals surface area contributed by atoms with E-state index >= 15 is 0 Å². The van der Waals surface area contributed by atoms with E-state index in [0.717, 1.165) is 29.8 Å². The number of benzene rings is 2. The zero-order valence-electron chi connectivity index (χ0n) is 16.0. The highest BCUT2D eigenvalue weighted by Gasteiger charge is 2.32. The van der Waals surface area contributed by atoms with E-state index in [4.69, 9.17) is 4.98 Å². The van der Waals surface area contributed by atoms with Crippen molar-refractivity contribution in [2.24, 2.45) is 0 Å². The lowest BCUT2D eigenvalue weighted by atomic mass is 10.1. The maximum Gasteiger partial charge on any atom is 0.124 e. The molecule has 1 aliphatic rings. The quantitative estimate of drug-likeness (QED) is 0.516. The van der Waals surface area contributed by atoms with Crippen LogP contribution in [0.15, 0.2) is 73.1 Å². The second-order valence-electron chi connectivity index (χ2n) is 7.57. The van der Waals surface area contributed by atoms with Crippen LogP contribution in [0, 0.1) is 0 Å². The molecule has 2 aromatic heterocycles. The molecule has 4 aromatic rings. The first-order chi connectivity index (χ1) is 13.8. The van der Waals surface area contributed by atoms with Gasteiger partial charge in [0, 0.05) is 18.4 Å². The summed E-state index contributed by atoms with van der Waals surface area (Å²) in [6.45, 7) is 3.41. The Hall–Kier alpha value is -2.98. The second kappa shape index (κ2) is 7.21. The highest BCUT2D eigenvalue weighted by atomic mass is 15.2. The molecule has 0 radical (unpaired) electrons. The first-order valence-electron chi connectivity index (χ1n) is 10.0. The van der Waals surface area contributed by atoms with Crippen molar-refractivity contribution in [3.05, 3.63) is 84.4 Å². The molecule has 28 heavy (non-hydrogen) atoms. The van der Waals surface area contributed by atoms with Gasteiger partial charge in [0.15, 0.2) is 0 Å². The van der Waals surface area contributed by atoms with Crippen molar-refractivity contribution in [1.29, 1.82) is 0 Å². The van der Waals surface area contributed by atoms with Crippen molar-refractivity contribution >= 4 is 11.0 Å². The predicted octanol–water partition coefficient (Wildman–Crippen LogP) is 5.52. The molecule has 2 atom stereocenters. The van der Waals surface area contributed by atoms with Gasteiger partial charge in [-0.3, -0.25) is 9.88 Å². The zero-order chi connectivity index (χ0) is 18.9. The molecule has 0 spiro atoms. The number of aromatic amines is 1. The summed E-state index contributed by atoms with van der Waals surface area (Å²) >= 11 is 0. The van der Waals surface area contributed by atoms with Crippen LogP contribution in [0.25, 0.3) is 22.2 Å². The van der Waals surface area contributed by atoms with Crippen LogP contribution in [-0.4, -0.2) is 26.4 Å². The molecule has 0 saturated carbocycles. The van der Waals surface area contributed by atoms with E-state index in [0.29, 0.717) is 12.1 Å². The molecule has 3 heterocycles. The number of H-pyrrole nitrogens is 1. The topological polar surface area (TPSA) is 44.8 Å². The molecule has 1 unspecified atom stereocenters. The lowest BCUT2D eigenvalue weighted by Gasteiger charge is -2.29. The summed E-state index contributed by atoms with van der Waals surface area (Å²) in [4.78, 5) is 15.3. The molecule has 0 bridgehead atoms. The average Bonchev–Trinajstić information content (AvgIpc) is 3.40. The maximum absolute atomic E-state index is 4.95. The molecule has 0 aliphatic carbocycles. The van der Waals surface area contributed by atoms with Crippen molar-refractivity contribution in [2.45, 2.75) is 31.8 Å². The number of aromatic nitrogens is 3. The molecular weight excluding hydrogens is 344 g/mol. The van der Waals surface area contributed by atoms with Crippen LogP contribution >= 0.6 is 0 Å². The Labute approximate surface area is 165 Å². The van der Waals surface area contributed by atoms with E-state index in [2.05, 4.69) is 70.3 Å². The van der Waals surface area contributed by atoms with Crippen LogP contribution in [0.4, 0.5) is 0 Å². The molecule has 1 aliphatic heterocycles. The third kappa shape index (κ3) is 3.10. The summed E-state index contributed by atoms with van der Waals surface area (Å²) < 4.78 is 0. The van der Waals surface area contributed by atoms with Gasteiger partial charge in [-0.2, -0.15) is 0 Å². The van der Waals surface area contributed by atoms with E-state index in [1.165, 1.54) is 23.1 Å². The molecule has 2 aromatic carbocycles. The van der Waals surface area contributed by atoms with Crippen molar-refractivity contribution in [2.75, 3.05) is 6.54 Å². The fourth-order valence-electron chi connectivity index (χ4n) is 4.38. The number of pyridine rings is 1. The molecule has 140 valence electrons. The van der Waals surface area contributed by atoms with Gasteiger partial charge >= 0.3 is 0 Å². The predicted molar refractivity (Wildman–Crippen MR) is 113 cm³/mol. The Morgan fingerprint density at radius 2 is 1.82 bits per heavy atom. The molecule has 1 saturated heterocycles. The van der Waals surface area contributed by atoms with Crippen LogP contribution in [0.2, 0.25) is 0 Å². The normalized spacial score (nSPS) is 18.5. The van der Waals surface area contributed by atoms with E-state index in [1.54, 1.807) is 0 Å². The highest BCUT2D eigenvalue weighted by Crippen LogP contribution is 2.38. The third-order valence-electron chi connectivity index (χ3n) is 5.90. The zero-order valence-corrected chi connectivity index (χ0v) is 16.0. The Morgan fingerprint density at radius 3 is 2.64 bits per heavy atom. The summed E-state index contributed by atoms with van der Waals surface area (Å²) in [6, 6.07) is 22.0. The van der Waals surface area contributed by atoms with Crippen LogP contribution in [0.1, 0.15) is 43.2 Å². The van der Waals surface area contributed by atoms with Gasteiger partial charge < -0.3 is 4.98 Å². The largest absolute Gasteiger partial charge is 0.341 e. The SMILES string of the molecule is CC(c1ccccc1)N1CCC[C@H]1c1nc2ccc(-c3ccncc3)cc2[nH]1. The molecular formula is C24H24N4. The first-order valence-corrected chi connectivity index (χ1v) is 10.0. The smallest absolute Gasteiger partial charge is 0.124 e. The van der Waals surface area contributed by atoms with Gasteiger partial charge in [-0.25, -0.2) is 4.98 Å². The number of fused-ring (bicyclic) bond motifs is 1. The number of likely N-dealkylation sites (tertiary alicyclic amines) is 1. The third-order valence-corrected chi connectivity index (χ3v) is 5.90. The minimum Gasteiger partial charge on any atom is -0.341 e. The second-order valence-corrected chi connectivity index (χ2v) is 7.57. The number of rotatable bonds is 4. The lowest BCUT2D eigenvalue weighted by Crippen LogP contribution is -2.27. The Balaban J connectivity index is 1.47. The van der Waals surface area contributed by atoms with E-state index in [1.807, 2.05) is 24.5 Å². The van der Waals surface area contributed by atoms with Gasteiger partial charge in [-0.15, -0.1) is 0 Å². The molecule has 4 nitrogen and oxygen atoms in total. The maximum atomic E-state index is 4.95. The molecule has 0 amide bonds. The minimum atomic E-state index is 0.340. The molecule has 5 rings (SSSR count). The Bertz CT molecular complexity index is 1070. The van der Waals surface area contributed by atoms with Crippen molar-refractivity contribution in [3.63, 3.8) is 0 Å². The fraction of sp³-hybridized carbons (Fsp3) is 0.250. The number of nitrogens with zero attached hydrogens (tertiary/aromatic N) is 3. The summed E-state index contributed by atoms with van der Waals surface area (Å²) in [7, 11) is 0. The van der Waals surface area contributed by atoms with Crippen LogP contribution in [-0.2, 0) is 0 Å². The molecule has 1 N–H and O–H groups in total. The number of hydrogen-bond donors (Lipinski definition) is 1. The average molecular weight is 368 g/mol. The van der Waals surface area contributed by atoms with Crippen molar-refractivity contribution in [1.82, 2.24) is 19.9 Å². The number of nitrogens with one attached hydrogen (secondary N) is 1. The standard InChI is InChI=1S/C24H24N4/c1-17(18-6-3-2-4-7-18)28-15-5-8-23(28)24-26-21-10-9-20(16-22(21)27-24)19-11-13-25-14-12-19/h2-4,6-7,9-14,16-17,23H,5,8,15H2,1H3,(H,26,27)/t17?,23-/m0/s1. The van der Waals surface area contributed by atoms with Crippen LogP contribution < -0.4 is 0 Å². The summed E-state index contributed by atoms with van der Waals surface area (Å²) in [5.74, 6) is 1.09. The summed E-state index contributed by atoms with van der Waals surface area (Å²) in [6.07, 6.45) is 6.02. The summed E-state index contributed by atoms with van der Waals surface area (Å²) in [5.41, 5.74) is 5.86. The van der Waals surface area contributed by atoms with Crippen LogP contribution in [0.5, 0.6) is 0 Å². The van der Waals surface area contributed by atoms with E-state index in [9.17, 15) is 0 Å². The first kappa shape index (κ1) is 17.1. The summed E-state index contributed by atoms with van der Waals surface area (Å²) in [5, 5.41) is 0. The van der Waals surface area contributed by atoms with Gasteiger partial charge in [-0.05, 0) is 67.3 Å². The Kier molecular flexibility index (Phi) is 4.41. The van der Waals surface area contributed by atoms with E-state index < -0.39 is 0 Å². The number of imidazole rings is 1. The van der Waals surface area contributed by atoms with Gasteiger partial charge in [0.1, 0.15) is 5.82 Å². The monoisotopic (exact) mass is 368 g/mol.